The fraction of sp³-hybridized carbons (Fsp3) is 0.333. The summed E-state index contributed by atoms with van der Waals surface area (Å²) < 4.78 is 23.6. The van der Waals surface area contributed by atoms with Crippen LogP contribution in [0.3, 0.4) is 0 Å². The quantitative estimate of drug-likeness (QED) is 0.471. The number of hydrogen-bond donors (Lipinski definition) is 0. The van der Waals surface area contributed by atoms with Gasteiger partial charge in [-0.05, 0) is 36.2 Å². The highest BCUT2D eigenvalue weighted by molar-refractivity contribution is 5.83. The smallest absolute Gasteiger partial charge is 0.312 e. The van der Waals surface area contributed by atoms with Crippen LogP contribution in [0.4, 0.5) is 0 Å². The lowest BCUT2D eigenvalue weighted by atomic mass is 9.86. The Morgan fingerprint density at radius 2 is 1.81 bits per heavy atom. The normalized spacial score (nSPS) is 17.0. The standard InChI is InChI=1S/C24H23NO6/c1-13(2)11-25-19-5-4-15(28-3)6-14(19)7-18(24(25)27)16-9-23(26)31-20-10-22-21(8-17(16)20)29-12-30-22/h4-8,10,13,16H,9,11-12H2,1-3H3. The lowest BCUT2D eigenvalue weighted by Crippen LogP contribution is -2.30. The lowest BCUT2D eigenvalue weighted by Gasteiger charge is -2.26. The van der Waals surface area contributed by atoms with Crippen LogP contribution in [0.1, 0.15) is 37.3 Å². The van der Waals surface area contributed by atoms with Crippen LogP contribution < -0.4 is 24.5 Å². The van der Waals surface area contributed by atoms with Crippen molar-refractivity contribution in [1.82, 2.24) is 4.57 Å². The van der Waals surface area contributed by atoms with E-state index < -0.39 is 5.92 Å². The van der Waals surface area contributed by atoms with Gasteiger partial charge in [-0.3, -0.25) is 9.59 Å². The Hall–Kier alpha value is -3.48. The molecule has 0 fully saturated rings. The molecule has 0 aliphatic carbocycles. The monoisotopic (exact) mass is 421 g/mol. The van der Waals surface area contributed by atoms with Crippen molar-refractivity contribution in [3.05, 3.63) is 57.9 Å². The summed E-state index contributed by atoms with van der Waals surface area (Å²) in [5.41, 5.74) is 2.04. The third-order valence-corrected chi connectivity index (χ3v) is 5.73. The van der Waals surface area contributed by atoms with Crippen LogP contribution >= 0.6 is 0 Å². The first-order chi connectivity index (χ1) is 14.9. The average Bonchev–Trinajstić information content (AvgIpc) is 3.20. The Kier molecular flexibility index (Phi) is 4.61. The first-order valence-corrected chi connectivity index (χ1v) is 10.3. The molecule has 0 bridgehead atoms. The molecule has 2 aliphatic rings. The van der Waals surface area contributed by atoms with Gasteiger partial charge in [0.25, 0.3) is 5.56 Å². The molecule has 0 saturated carbocycles. The van der Waals surface area contributed by atoms with E-state index in [2.05, 4.69) is 13.8 Å². The highest BCUT2D eigenvalue weighted by atomic mass is 16.7. The first-order valence-electron chi connectivity index (χ1n) is 10.3. The van der Waals surface area contributed by atoms with E-state index in [1.165, 1.54) is 0 Å². The molecule has 0 radical (unpaired) electrons. The summed E-state index contributed by atoms with van der Waals surface area (Å²) in [7, 11) is 1.61. The molecule has 3 heterocycles. The maximum Gasteiger partial charge on any atom is 0.312 e. The molecule has 1 aromatic heterocycles. The number of fused-ring (bicyclic) bond motifs is 3. The molecule has 2 aliphatic heterocycles. The summed E-state index contributed by atoms with van der Waals surface area (Å²) in [4.78, 5) is 26.1. The molecular formula is C24H23NO6. The molecule has 2 aromatic carbocycles. The van der Waals surface area contributed by atoms with Gasteiger partial charge in [0.1, 0.15) is 11.5 Å². The second-order valence-corrected chi connectivity index (χ2v) is 8.31. The van der Waals surface area contributed by atoms with E-state index in [1.54, 1.807) is 17.7 Å². The van der Waals surface area contributed by atoms with Gasteiger partial charge in [-0.25, -0.2) is 0 Å². The van der Waals surface area contributed by atoms with Crippen molar-refractivity contribution in [2.75, 3.05) is 13.9 Å². The van der Waals surface area contributed by atoms with Crippen LogP contribution in [0.5, 0.6) is 23.0 Å². The number of esters is 1. The second kappa shape index (κ2) is 7.34. The molecule has 31 heavy (non-hydrogen) atoms. The average molecular weight is 421 g/mol. The summed E-state index contributed by atoms with van der Waals surface area (Å²) in [6.45, 7) is 4.83. The highest BCUT2D eigenvalue weighted by Crippen LogP contribution is 2.45. The number of aromatic nitrogens is 1. The van der Waals surface area contributed by atoms with Crippen molar-refractivity contribution in [3.8, 4) is 23.0 Å². The van der Waals surface area contributed by atoms with Crippen molar-refractivity contribution in [2.24, 2.45) is 5.92 Å². The van der Waals surface area contributed by atoms with E-state index in [0.29, 0.717) is 35.1 Å². The van der Waals surface area contributed by atoms with Gasteiger partial charge in [-0.1, -0.05) is 13.8 Å². The van der Waals surface area contributed by atoms with Gasteiger partial charge in [-0.2, -0.15) is 0 Å². The van der Waals surface area contributed by atoms with Crippen molar-refractivity contribution in [3.63, 3.8) is 0 Å². The number of carbonyl (C=O) groups excluding carboxylic acids is 1. The predicted molar refractivity (Wildman–Crippen MR) is 114 cm³/mol. The van der Waals surface area contributed by atoms with Gasteiger partial charge in [0.2, 0.25) is 6.79 Å². The van der Waals surface area contributed by atoms with Crippen molar-refractivity contribution in [1.29, 1.82) is 0 Å². The number of rotatable bonds is 4. The number of benzene rings is 2. The summed E-state index contributed by atoms with van der Waals surface area (Å²) >= 11 is 0. The van der Waals surface area contributed by atoms with E-state index >= 15 is 0 Å². The number of ether oxygens (including phenoxy) is 4. The Morgan fingerprint density at radius 1 is 1.03 bits per heavy atom. The third-order valence-electron chi connectivity index (χ3n) is 5.73. The zero-order chi connectivity index (χ0) is 21.7. The molecule has 0 N–H and O–H groups in total. The topological polar surface area (TPSA) is 76.0 Å². The molecule has 0 spiro atoms. The summed E-state index contributed by atoms with van der Waals surface area (Å²) in [5, 5.41) is 0.885. The Morgan fingerprint density at radius 3 is 2.55 bits per heavy atom. The number of methoxy groups -OCH3 is 1. The number of hydrogen-bond acceptors (Lipinski definition) is 6. The van der Waals surface area contributed by atoms with Crippen LogP contribution in [-0.4, -0.2) is 24.4 Å². The first kappa shape index (κ1) is 19.5. The van der Waals surface area contributed by atoms with Crippen LogP contribution in [-0.2, 0) is 11.3 Å². The molecule has 3 aromatic rings. The highest BCUT2D eigenvalue weighted by Gasteiger charge is 2.33. The summed E-state index contributed by atoms with van der Waals surface area (Å²) in [5.74, 6) is 1.70. The number of carbonyl (C=O) groups is 1. The Bertz CT molecular complexity index is 1260. The zero-order valence-corrected chi connectivity index (χ0v) is 17.6. The molecule has 5 rings (SSSR count). The van der Waals surface area contributed by atoms with Crippen molar-refractivity contribution >= 4 is 16.9 Å². The number of pyridine rings is 1. The largest absolute Gasteiger partial charge is 0.497 e. The molecular weight excluding hydrogens is 398 g/mol. The fourth-order valence-corrected chi connectivity index (χ4v) is 4.33. The molecule has 1 atom stereocenters. The van der Waals surface area contributed by atoms with Gasteiger partial charge in [0, 0.05) is 35.0 Å². The molecule has 0 amide bonds. The Labute approximate surface area is 179 Å². The maximum absolute atomic E-state index is 13.6. The SMILES string of the molecule is COc1ccc2c(c1)cc(C1CC(=O)Oc3cc4c(cc31)OCO4)c(=O)n2CC(C)C. The lowest BCUT2D eigenvalue weighted by molar-refractivity contribution is -0.135. The Balaban J connectivity index is 1.74. The van der Waals surface area contributed by atoms with E-state index in [0.717, 1.165) is 16.5 Å². The van der Waals surface area contributed by atoms with Gasteiger partial charge in [0.05, 0.1) is 19.0 Å². The minimum atomic E-state index is -0.438. The molecule has 0 saturated heterocycles. The number of nitrogens with zero attached hydrogens (tertiary/aromatic N) is 1. The van der Waals surface area contributed by atoms with Crippen molar-refractivity contribution < 1.29 is 23.7 Å². The zero-order valence-electron chi connectivity index (χ0n) is 17.6. The second-order valence-electron chi connectivity index (χ2n) is 8.31. The summed E-state index contributed by atoms with van der Waals surface area (Å²) in [6, 6.07) is 11.0. The van der Waals surface area contributed by atoms with E-state index in [4.69, 9.17) is 18.9 Å². The molecule has 160 valence electrons. The van der Waals surface area contributed by atoms with E-state index in [1.807, 2.05) is 30.3 Å². The van der Waals surface area contributed by atoms with Gasteiger partial charge < -0.3 is 23.5 Å². The molecule has 7 nitrogen and oxygen atoms in total. The van der Waals surface area contributed by atoms with Crippen LogP contribution in [0.25, 0.3) is 10.9 Å². The van der Waals surface area contributed by atoms with Crippen molar-refractivity contribution in [2.45, 2.75) is 32.7 Å². The molecule has 1 unspecified atom stereocenters. The van der Waals surface area contributed by atoms with Crippen LogP contribution in [0.2, 0.25) is 0 Å². The summed E-state index contributed by atoms with van der Waals surface area (Å²) in [6.07, 6.45) is 0.0824. The van der Waals surface area contributed by atoms with Gasteiger partial charge in [0.15, 0.2) is 11.5 Å². The fourth-order valence-electron chi connectivity index (χ4n) is 4.33. The minimum absolute atomic E-state index is 0.0824. The van der Waals surface area contributed by atoms with Crippen LogP contribution in [0.15, 0.2) is 41.2 Å². The maximum atomic E-state index is 13.6. The van der Waals surface area contributed by atoms with E-state index in [9.17, 15) is 9.59 Å². The molecule has 7 heteroatoms. The van der Waals surface area contributed by atoms with Gasteiger partial charge >= 0.3 is 5.97 Å². The van der Waals surface area contributed by atoms with Crippen LogP contribution in [0, 0.1) is 5.92 Å². The minimum Gasteiger partial charge on any atom is -0.497 e. The predicted octanol–water partition coefficient (Wildman–Crippen LogP) is 3.84. The third kappa shape index (κ3) is 3.30. The van der Waals surface area contributed by atoms with E-state index in [-0.39, 0.29) is 30.7 Å². The van der Waals surface area contributed by atoms with Gasteiger partial charge in [-0.15, -0.1) is 0 Å².